The third kappa shape index (κ3) is 3.57. The minimum atomic E-state index is -0.522. The summed E-state index contributed by atoms with van der Waals surface area (Å²) >= 11 is 0. The van der Waals surface area contributed by atoms with Crippen molar-refractivity contribution < 1.29 is 33.2 Å². The molecule has 0 amide bonds. The average molecular weight is 543 g/mol. The van der Waals surface area contributed by atoms with Gasteiger partial charge in [-0.05, 0) is 53.1 Å². The van der Waals surface area contributed by atoms with Gasteiger partial charge in [0.15, 0.2) is 23.0 Å². The number of methoxy groups -OCH3 is 3. The Hall–Kier alpha value is -4.80. The summed E-state index contributed by atoms with van der Waals surface area (Å²) in [6.07, 6.45) is 5.20. The minimum Gasteiger partial charge on any atom is -0.493 e. The number of carbonyl (C=O) groups excluding carboxylic acids is 1. The van der Waals surface area contributed by atoms with Crippen LogP contribution >= 0.6 is 0 Å². The third-order valence-corrected chi connectivity index (χ3v) is 7.99. The molecular formula is C29H26N4O7. The SMILES string of the molecule is COc1cc([C@@H]2c3cc4c(cc3[C@@H](n3nncc3-c3cccnc3)[C@H]3COC(=O)[C@H]23)OCO4)cc(OC)c1OC. The average Bonchev–Trinajstić information content (AvgIpc) is 3.75. The molecule has 7 rings (SSSR count). The van der Waals surface area contributed by atoms with Crippen molar-refractivity contribution in [1.29, 1.82) is 0 Å². The second-order valence-electron chi connectivity index (χ2n) is 9.84. The van der Waals surface area contributed by atoms with E-state index in [1.807, 2.05) is 41.1 Å². The molecule has 40 heavy (non-hydrogen) atoms. The van der Waals surface area contributed by atoms with Crippen molar-refractivity contribution in [1.82, 2.24) is 20.0 Å². The van der Waals surface area contributed by atoms with Gasteiger partial charge in [-0.15, -0.1) is 5.10 Å². The zero-order valence-electron chi connectivity index (χ0n) is 22.1. The lowest BCUT2D eigenvalue weighted by molar-refractivity contribution is -0.141. The number of hydrogen-bond donors (Lipinski definition) is 0. The van der Waals surface area contributed by atoms with Crippen LogP contribution in [-0.4, -0.2) is 60.7 Å². The normalized spacial score (nSPS) is 22.3. The van der Waals surface area contributed by atoms with Gasteiger partial charge in [0.1, 0.15) is 0 Å². The van der Waals surface area contributed by atoms with Gasteiger partial charge in [-0.2, -0.15) is 0 Å². The molecule has 0 unspecified atom stereocenters. The molecule has 2 aliphatic heterocycles. The van der Waals surface area contributed by atoms with Gasteiger partial charge in [-0.3, -0.25) is 9.78 Å². The highest BCUT2D eigenvalue weighted by Gasteiger charge is 2.54. The zero-order chi connectivity index (χ0) is 27.4. The molecule has 0 N–H and O–H groups in total. The number of esters is 1. The number of rotatable bonds is 6. The summed E-state index contributed by atoms with van der Waals surface area (Å²) in [6, 6.07) is 11.2. The van der Waals surface area contributed by atoms with E-state index < -0.39 is 5.92 Å². The first-order valence-corrected chi connectivity index (χ1v) is 12.8. The Labute approximate surface area is 229 Å². The molecular weight excluding hydrogens is 516 g/mol. The fraction of sp³-hybridized carbons (Fsp3) is 0.310. The van der Waals surface area contributed by atoms with E-state index in [0.29, 0.717) is 28.7 Å². The number of ether oxygens (including phenoxy) is 6. The monoisotopic (exact) mass is 542 g/mol. The highest BCUT2D eigenvalue weighted by molar-refractivity contribution is 5.79. The molecule has 1 aliphatic carbocycles. The number of hydrogen-bond acceptors (Lipinski definition) is 10. The topological polar surface area (TPSA) is 116 Å². The van der Waals surface area contributed by atoms with Crippen molar-refractivity contribution in [2.45, 2.75) is 12.0 Å². The van der Waals surface area contributed by atoms with Crippen molar-refractivity contribution in [3.05, 3.63) is 71.7 Å². The van der Waals surface area contributed by atoms with Crippen LogP contribution in [0, 0.1) is 11.8 Å². The molecule has 204 valence electrons. The molecule has 1 saturated heterocycles. The molecule has 4 atom stereocenters. The van der Waals surface area contributed by atoms with Gasteiger partial charge < -0.3 is 28.4 Å². The molecule has 4 aromatic rings. The number of aromatic nitrogens is 4. The lowest BCUT2D eigenvalue weighted by Crippen LogP contribution is -2.38. The van der Waals surface area contributed by atoms with Crippen LogP contribution < -0.4 is 23.7 Å². The molecule has 4 heterocycles. The number of cyclic esters (lactones) is 1. The van der Waals surface area contributed by atoms with E-state index in [1.54, 1.807) is 39.9 Å². The Morgan fingerprint density at radius 2 is 1.68 bits per heavy atom. The van der Waals surface area contributed by atoms with Gasteiger partial charge in [0.25, 0.3) is 0 Å². The fourth-order valence-corrected chi connectivity index (χ4v) is 6.30. The lowest BCUT2D eigenvalue weighted by atomic mass is 9.65. The molecule has 0 saturated carbocycles. The molecule has 11 heteroatoms. The highest BCUT2D eigenvalue weighted by atomic mass is 16.7. The van der Waals surface area contributed by atoms with E-state index in [0.717, 1.165) is 27.9 Å². The van der Waals surface area contributed by atoms with E-state index in [2.05, 4.69) is 15.3 Å². The van der Waals surface area contributed by atoms with E-state index in [-0.39, 0.29) is 37.2 Å². The molecule has 0 spiro atoms. The maximum Gasteiger partial charge on any atom is 0.310 e. The largest absolute Gasteiger partial charge is 0.493 e. The second kappa shape index (κ2) is 9.44. The highest BCUT2D eigenvalue weighted by Crippen LogP contribution is 2.56. The van der Waals surface area contributed by atoms with Crippen LogP contribution in [0.2, 0.25) is 0 Å². The molecule has 2 aromatic carbocycles. The number of pyridine rings is 1. The Kier molecular flexibility index (Phi) is 5.72. The third-order valence-electron chi connectivity index (χ3n) is 7.99. The van der Waals surface area contributed by atoms with Crippen LogP contribution in [0.15, 0.2) is 55.0 Å². The zero-order valence-corrected chi connectivity index (χ0v) is 22.1. The van der Waals surface area contributed by atoms with Crippen LogP contribution in [0.25, 0.3) is 11.3 Å². The fourth-order valence-electron chi connectivity index (χ4n) is 6.30. The summed E-state index contributed by atoms with van der Waals surface area (Å²) in [5.74, 6) is 1.29. The van der Waals surface area contributed by atoms with Crippen LogP contribution in [0.5, 0.6) is 28.7 Å². The molecule has 3 aliphatic rings. The summed E-state index contributed by atoms with van der Waals surface area (Å²) in [6.45, 7) is 0.353. The molecule has 2 aromatic heterocycles. The first kappa shape index (κ1) is 24.3. The Bertz CT molecular complexity index is 1580. The second-order valence-corrected chi connectivity index (χ2v) is 9.84. The first-order chi connectivity index (χ1) is 19.6. The Balaban J connectivity index is 1.47. The standard InChI is InChI=1S/C29H26N4O7/c1-35-23-7-16(8-24(36-2)28(23)37-3)25-17-9-21-22(40-14-39-21)10-18(17)27(19-13-38-29(34)26(19)25)33-20(12-31-32-33)15-5-4-6-30-11-15/h4-12,19,25-27H,13-14H2,1-3H3/t19-,25+,26-,27+/m0/s1. The Morgan fingerprint density at radius 1 is 0.925 bits per heavy atom. The molecule has 11 nitrogen and oxygen atoms in total. The van der Waals surface area contributed by atoms with E-state index in [9.17, 15) is 4.79 Å². The van der Waals surface area contributed by atoms with Crippen molar-refractivity contribution in [2.24, 2.45) is 11.8 Å². The van der Waals surface area contributed by atoms with Crippen LogP contribution in [0.4, 0.5) is 0 Å². The smallest absolute Gasteiger partial charge is 0.310 e. The molecule has 1 fully saturated rings. The van der Waals surface area contributed by atoms with Gasteiger partial charge in [-0.1, -0.05) is 5.21 Å². The predicted molar refractivity (Wildman–Crippen MR) is 140 cm³/mol. The van der Waals surface area contributed by atoms with Gasteiger partial charge in [0.05, 0.1) is 51.8 Å². The van der Waals surface area contributed by atoms with Gasteiger partial charge >= 0.3 is 5.97 Å². The summed E-state index contributed by atoms with van der Waals surface area (Å²) in [7, 11) is 4.70. The Morgan fingerprint density at radius 3 is 2.35 bits per heavy atom. The molecule has 0 radical (unpaired) electrons. The van der Waals surface area contributed by atoms with Gasteiger partial charge in [0.2, 0.25) is 12.5 Å². The summed E-state index contributed by atoms with van der Waals surface area (Å²) < 4.78 is 36.1. The van der Waals surface area contributed by atoms with Gasteiger partial charge in [-0.25, -0.2) is 4.68 Å². The summed E-state index contributed by atoms with van der Waals surface area (Å²) in [5, 5.41) is 8.76. The summed E-state index contributed by atoms with van der Waals surface area (Å²) in [4.78, 5) is 17.8. The van der Waals surface area contributed by atoms with E-state index >= 15 is 0 Å². The van der Waals surface area contributed by atoms with E-state index in [1.165, 1.54) is 0 Å². The maximum absolute atomic E-state index is 13.5. The minimum absolute atomic E-state index is 0.122. The van der Waals surface area contributed by atoms with Crippen LogP contribution in [0.3, 0.4) is 0 Å². The number of fused-ring (bicyclic) bond motifs is 3. The summed E-state index contributed by atoms with van der Waals surface area (Å²) in [5.41, 5.74) is 4.32. The number of benzene rings is 2. The van der Waals surface area contributed by atoms with Crippen molar-refractivity contribution >= 4 is 5.97 Å². The lowest BCUT2D eigenvalue weighted by Gasteiger charge is -2.39. The van der Waals surface area contributed by atoms with E-state index in [4.69, 9.17) is 28.4 Å². The predicted octanol–water partition coefficient (Wildman–Crippen LogP) is 3.62. The van der Waals surface area contributed by atoms with Crippen molar-refractivity contribution in [3.63, 3.8) is 0 Å². The maximum atomic E-state index is 13.5. The number of carbonyl (C=O) groups is 1. The van der Waals surface area contributed by atoms with Crippen LogP contribution in [-0.2, 0) is 9.53 Å². The molecule has 0 bridgehead atoms. The quantitative estimate of drug-likeness (QED) is 0.335. The number of nitrogens with zero attached hydrogens (tertiary/aromatic N) is 4. The van der Waals surface area contributed by atoms with Crippen molar-refractivity contribution in [3.8, 4) is 40.0 Å². The van der Waals surface area contributed by atoms with Crippen LogP contribution in [0.1, 0.15) is 28.7 Å². The van der Waals surface area contributed by atoms with Crippen molar-refractivity contribution in [2.75, 3.05) is 34.7 Å². The first-order valence-electron chi connectivity index (χ1n) is 12.8. The van der Waals surface area contributed by atoms with Gasteiger partial charge in [0, 0.05) is 29.8 Å².